The monoisotopic (exact) mass is 448 g/mol. The Morgan fingerprint density at radius 2 is 1.66 bits per heavy atom. The summed E-state index contributed by atoms with van der Waals surface area (Å²) in [6, 6.07) is 6.16. The van der Waals surface area contributed by atoms with Crippen molar-refractivity contribution in [1.29, 1.82) is 0 Å². The molecule has 4 nitrogen and oxygen atoms in total. The molecule has 0 aliphatic heterocycles. The van der Waals surface area contributed by atoms with Crippen LogP contribution in [0.4, 0.5) is 17.6 Å². The highest BCUT2D eigenvalue weighted by molar-refractivity contribution is 6.31. The highest BCUT2D eigenvalue weighted by Crippen LogP contribution is 2.25. The fourth-order valence-electron chi connectivity index (χ4n) is 2.54. The van der Waals surface area contributed by atoms with Gasteiger partial charge in [-0.25, -0.2) is 17.6 Å². The SMILES string of the molecule is Cl.NCc1cc(F)c(-n2ccc(OCc3ccc(F)cc3F)c(Cl)c2=O)c(F)c1. The Labute approximate surface area is 173 Å². The lowest BCUT2D eigenvalue weighted by atomic mass is 10.2. The van der Waals surface area contributed by atoms with Gasteiger partial charge in [-0.1, -0.05) is 11.6 Å². The largest absolute Gasteiger partial charge is 0.487 e. The second kappa shape index (κ2) is 9.30. The van der Waals surface area contributed by atoms with Gasteiger partial charge in [-0.05, 0) is 35.9 Å². The van der Waals surface area contributed by atoms with Crippen LogP contribution in [0, 0.1) is 23.3 Å². The molecule has 1 heterocycles. The maximum absolute atomic E-state index is 14.2. The van der Waals surface area contributed by atoms with E-state index in [-0.39, 0.29) is 42.4 Å². The van der Waals surface area contributed by atoms with E-state index in [0.717, 1.165) is 24.4 Å². The molecule has 29 heavy (non-hydrogen) atoms. The van der Waals surface area contributed by atoms with Crippen molar-refractivity contribution in [2.45, 2.75) is 13.2 Å². The first-order valence-corrected chi connectivity index (χ1v) is 8.36. The zero-order valence-electron chi connectivity index (χ0n) is 14.6. The third-order valence-electron chi connectivity index (χ3n) is 3.95. The molecule has 0 spiro atoms. The van der Waals surface area contributed by atoms with Crippen molar-refractivity contribution in [3.8, 4) is 11.4 Å². The van der Waals surface area contributed by atoms with E-state index in [1.54, 1.807) is 0 Å². The molecule has 0 aliphatic carbocycles. The first-order valence-electron chi connectivity index (χ1n) is 7.98. The van der Waals surface area contributed by atoms with Crippen LogP contribution in [-0.2, 0) is 13.2 Å². The standard InChI is InChI=1S/C19H13ClF4N2O2.ClH/c20-17-16(28-9-11-1-2-12(21)7-13(11)22)3-4-26(19(17)27)18-14(23)5-10(8-25)6-15(18)24;/h1-7H,8-9,25H2;1H. The smallest absolute Gasteiger partial charge is 0.277 e. The second-order valence-corrected chi connectivity index (χ2v) is 6.18. The van der Waals surface area contributed by atoms with Crippen molar-refractivity contribution in [3.05, 3.63) is 92.4 Å². The maximum Gasteiger partial charge on any atom is 0.277 e. The molecule has 0 atom stereocenters. The quantitative estimate of drug-likeness (QED) is 0.584. The molecule has 3 rings (SSSR count). The Morgan fingerprint density at radius 1 is 1.00 bits per heavy atom. The molecule has 3 aromatic rings. The third-order valence-corrected chi connectivity index (χ3v) is 4.30. The highest BCUT2D eigenvalue weighted by atomic mass is 35.5. The van der Waals surface area contributed by atoms with Crippen molar-refractivity contribution in [1.82, 2.24) is 4.57 Å². The first-order chi connectivity index (χ1) is 13.3. The number of aromatic nitrogens is 1. The number of benzene rings is 2. The Kier molecular flexibility index (Phi) is 7.29. The number of ether oxygens (including phenoxy) is 1. The Balaban J connectivity index is 0.00000300. The van der Waals surface area contributed by atoms with Crippen LogP contribution < -0.4 is 16.0 Å². The van der Waals surface area contributed by atoms with Crippen LogP contribution in [0.5, 0.6) is 5.75 Å². The third kappa shape index (κ3) is 4.72. The summed E-state index contributed by atoms with van der Waals surface area (Å²) in [5, 5.41) is -0.452. The van der Waals surface area contributed by atoms with Crippen molar-refractivity contribution >= 4 is 24.0 Å². The van der Waals surface area contributed by atoms with Crippen LogP contribution in [0.1, 0.15) is 11.1 Å². The van der Waals surface area contributed by atoms with E-state index < -0.39 is 39.5 Å². The van der Waals surface area contributed by atoms with E-state index in [0.29, 0.717) is 10.6 Å². The zero-order chi connectivity index (χ0) is 20.4. The fraction of sp³-hybridized carbons (Fsp3) is 0.105. The maximum atomic E-state index is 14.2. The molecular weight excluding hydrogens is 435 g/mol. The molecule has 2 N–H and O–H groups in total. The fourth-order valence-corrected chi connectivity index (χ4v) is 2.75. The van der Waals surface area contributed by atoms with Crippen molar-refractivity contribution in [2.24, 2.45) is 5.73 Å². The molecule has 0 saturated carbocycles. The number of halogens is 6. The van der Waals surface area contributed by atoms with E-state index in [4.69, 9.17) is 22.1 Å². The van der Waals surface area contributed by atoms with Gasteiger partial charge >= 0.3 is 0 Å². The molecule has 154 valence electrons. The number of pyridine rings is 1. The van der Waals surface area contributed by atoms with Gasteiger partial charge in [0.1, 0.15) is 34.7 Å². The van der Waals surface area contributed by atoms with Gasteiger partial charge in [0.25, 0.3) is 5.56 Å². The average molecular weight is 449 g/mol. The summed E-state index contributed by atoms with van der Waals surface area (Å²) >= 11 is 5.97. The van der Waals surface area contributed by atoms with Gasteiger partial charge in [0.2, 0.25) is 0 Å². The van der Waals surface area contributed by atoms with E-state index >= 15 is 0 Å². The van der Waals surface area contributed by atoms with Crippen LogP contribution in [0.2, 0.25) is 5.02 Å². The van der Waals surface area contributed by atoms with E-state index in [2.05, 4.69) is 0 Å². The molecule has 0 aliphatic rings. The molecule has 0 fully saturated rings. The summed E-state index contributed by atoms with van der Waals surface area (Å²) in [7, 11) is 0. The summed E-state index contributed by atoms with van der Waals surface area (Å²) in [4.78, 5) is 12.4. The predicted octanol–water partition coefficient (Wildman–Crippen LogP) is 4.51. The summed E-state index contributed by atoms with van der Waals surface area (Å²) in [5.74, 6) is -3.66. The lowest BCUT2D eigenvalue weighted by Crippen LogP contribution is -2.21. The minimum Gasteiger partial charge on any atom is -0.487 e. The summed E-state index contributed by atoms with van der Waals surface area (Å²) in [6.07, 6.45) is 1.08. The van der Waals surface area contributed by atoms with Gasteiger partial charge in [0, 0.05) is 24.4 Å². The summed E-state index contributed by atoms with van der Waals surface area (Å²) in [5.41, 5.74) is 4.08. The van der Waals surface area contributed by atoms with Crippen molar-refractivity contribution < 1.29 is 22.3 Å². The minimum absolute atomic E-state index is 0. The van der Waals surface area contributed by atoms with Crippen LogP contribution >= 0.6 is 24.0 Å². The Bertz CT molecular complexity index is 1080. The average Bonchev–Trinajstić information content (AvgIpc) is 2.65. The number of rotatable bonds is 5. The van der Waals surface area contributed by atoms with Crippen LogP contribution in [0.25, 0.3) is 5.69 Å². The molecule has 0 bridgehead atoms. The lowest BCUT2D eigenvalue weighted by molar-refractivity contribution is 0.298. The molecule has 2 aromatic carbocycles. The van der Waals surface area contributed by atoms with Gasteiger partial charge in [0.05, 0.1) is 0 Å². The predicted molar refractivity (Wildman–Crippen MR) is 103 cm³/mol. The number of hydrogen-bond donors (Lipinski definition) is 1. The van der Waals surface area contributed by atoms with Gasteiger partial charge in [-0.2, -0.15) is 0 Å². The van der Waals surface area contributed by atoms with Gasteiger partial charge in [-0.3, -0.25) is 9.36 Å². The Morgan fingerprint density at radius 3 is 2.24 bits per heavy atom. The second-order valence-electron chi connectivity index (χ2n) is 5.81. The van der Waals surface area contributed by atoms with Crippen LogP contribution in [-0.4, -0.2) is 4.57 Å². The molecule has 0 saturated heterocycles. The molecule has 1 aromatic heterocycles. The normalized spacial score (nSPS) is 10.6. The van der Waals surface area contributed by atoms with Crippen LogP contribution in [0.3, 0.4) is 0 Å². The molecule has 0 amide bonds. The topological polar surface area (TPSA) is 57.2 Å². The van der Waals surface area contributed by atoms with Crippen molar-refractivity contribution in [3.63, 3.8) is 0 Å². The van der Waals surface area contributed by atoms with E-state index in [1.165, 1.54) is 12.1 Å². The molecule has 10 heteroatoms. The molecule has 0 unspecified atom stereocenters. The van der Waals surface area contributed by atoms with Gasteiger partial charge in [0.15, 0.2) is 11.6 Å². The van der Waals surface area contributed by atoms with E-state index in [9.17, 15) is 22.4 Å². The highest BCUT2D eigenvalue weighted by Gasteiger charge is 2.18. The van der Waals surface area contributed by atoms with Crippen LogP contribution in [0.15, 0.2) is 47.4 Å². The summed E-state index contributed by atoms with van der Waals surface area (Å²) in [6.45, 7) is -0.403. The zero-order valence-corrected chi connectivity index (χ0v) is 16.2. The minimum atomic E-state index is -0.985. The van der Waals surface area contributed by atoms with Gasteiger partial charge in [-0.15, -0.1) is 12.4 Å². The van der Waals surface area contributed by atoms with E-state index in [1.807, 2.05) is 0 Å². The lowest BCUT2D eigenvalue weighted by Gasteiger charge is -2.13. The molecular formula is C19H14Cl2F4N2O2. The summed E-state index contributed by atoms with van der Waals surface area (Å²) < 4.78 is 61.1. The van der Waals surface area contributed by atoms with Gasteiger partial charge < -0.3 is 10.5 Å². The first kappa shape index (κ1) is 22.7. The number of nitrogens with two attached hydrogens (primary N) is 1. The number of hydrogen-bond acceptors (Lipinski definition) is 3. The van der Waals surface area contributed by atoms with Crippen molar-refractivity contribution in [2.75, 3.05) is 0 Å². The molecule has 0 radical (unpaired) electrons. The number of nitrogens with zero attached hydrogens (tertiary/aromatic N) is 1. The Hall–Kier alpha value is -2.55.